The molecule has 4 nitrogen and oxygen atoms in total. The molecule has 0 atom stereocenters. The van der Waals surface area contributed by atoms with Gasteiger partial charge in [-0.05, 0) is 47.1 Å². The Morgan fingerprint density at radius 3 is 2.12 bits per heavy atom. The summed E-state index contributed by atoms with van der Waals surface area (Å²) in [6.45, 7) is 13.3. The Morgan fingerprint density at radius 1 is 1.06 bits per heavy atom. The zero-order chi connectivity index (χ0) is 12.7. The topological polar surface area (TPSA) is 39.4 Å². The second-order valence-electron chi connectivity index (χ2n) is 5.38. The summed E-state index contributed by atoms with van der Waals surface area (Å²) in [6.07, 6.45) is 2.44. The fourth-order valence-corrected chi connectivity index (χ4v) is 1.61. The summed E-state index contributed by atoms with van der Waals surface area (Å²) in [7, 11) is 0. The van der Waals surface area contributed by atoms with Crippen molar-refractivity contribution < 1.29 is 0 Å². The summed E-state index contributed by atoms with van der Waals surface area (Å²) in [5, 5.41) is 6.70. The summed E-state index contributed by atoms with van der Waals surface area (Å²) < 4.78 is 0. The molecule has 1 heterocycles. The zero-order valence-corrected chi connectivity index (χ0v) is 11.8. The summed E-state index contributed by atoms with van der Waals surface area (Å²) in [4.78, 5) is 7.06. The predicted molar refractivity (Wildman–Crippen MR) is 74.5 cm³/mol. The van der Waals surface area contributed by atoms with Crippen LogP contribution >= 0.6 is 0 Å². The minimum absolute atomic E-state index is 0.428. The molecule has 17 heavy (non-hydrogen) atoms. The third kappa shape index (κ3) is 8.02. The molecule has 0 saturated carbocycles. The van der Waals surface area contributed by atoms with Crippen LogP contribution in [-0.4, -0.2) is 49.1 Å². The van der Waals surface area contributed by atoms with Crippen LogP contribution in [0.5, 0.6) is 0 Å². The Labute approximate surface area is 106 Å². The van der Waals surface area contributed by atoms with E-state index in [2.05, 4.69) is 48.2 Å². The molecule has 0 aliphatic carbocycles. The maximum Gasteiger partial charge on any atom is 0.191 e. The highest BCUT2D eigenvalue weighted by Crippen LogP contribution is 2.05. The smallest absolute Gasteiger partial charge is 0.191 e. The number of unbranched alkanes of at least 4 members (excludes halogenated alkanes) is 1. The van der Waals surface area contributed by atoms with Crippen LogP contribution in [0.15, 0.2) is 4.99 Å². The van der Waals surface area contributed by atoms with Gasteiger partial charge in [-0.1, -0.05) is 0 Å². The molecule has 1 rings (SSSR count). The summed E-state index contributed by atoms with van der Waals surface area (Å²) in [5.41, 5.74) is 0. The summed E-state index contributed by atoms with van der Waals surface area (Å²) in [5.74, 6) is 0.946. The van der Waals surface area contributed by atoms with Gasteiger partial charge in [0.25, 0.3) is 0 Å². The average Bonchev–Trinajstić information content (AvgIpc) is 2.98. The lowest BCUT2D eigenvalue weighted by molar-refractivity contribution is 0.522. The maximum atomic E-state index is 4.60. The van der Waals surface area contributed by atoms with Crippen LogP contribution in [0.4, 0.5) is 0 Å². The van der Waals surface area contributed by atoms with E-state index in [-0.39, 0.29) is 0 Å². The van der Waals surface area contributed by atoms with Crippen molar-refractivity contribution >= 4 is 5.96 Å². The van der Waals surface area contributed by atoms with Crippen LogP contribution in [0.2, 0.25) is 0 Å². The SMILES string of the molecule is CC(C)NC(=NCCCCN1CC1)NC(C)C. The molecule has 0 aromatic carbocycles. The van der Waals surface area contributed by atoms with E-state index >= 15 is 0 Å². The highest BCUT2D eigenvalue weighted by Gasteiger charge is 2.15. The normalized spacial score (nSPS) is 15.2. The van der Waals surface area contributed by atoms with Crippen molar-refractivity contribution in [2.24, 2.45) is 4.99 Å². The third-order valence-corrected chi connectivity index (χ3v) is 2.54. The van der Waals surface area contributed by atoms with E-state index in [9.17, 15) is 0 Å². The number of nitrogens with zero attached hydrogens (tertiary/aromatic N) is 2. The number of rotatable bonds is 7. The minimum Gasteiger partial charge on any atom is -0.354 e. The summed E-state index contributed by atoms with van der Waals surface area (Å²) >= 11 is 0. The van der Waals surface area contributed by atoms with Crippen molar-refractivity contribution in [3.63, 3.8) is 0 Å². The molecule has 1 aliphatic rings. The van der Waals surface area contributed by atoms with E-state index in [0.717, 1.165) is 12.5 Å². The van der Waals surface area contributed by atoms with Gasteiger partial charge in [0, 0.05) is 31.7 Å². The lowest BCUT2D eigenvalue weighted by atomic mass is 10.3. The molecule has 1 saturated heterocycles. The third-order valence-electron chi connectivity index (χ3n) is 2.54. The highest BCUT2D eigenvalue weighted by molar-refractivity contribution is 5.80. The molecule has 0 aromatic rings. The van der Waals surface area contributed by atoms with Crippen molar-refractivity contribution in [1.82, 2.24) is 15.5 Å². The molecule has 4 heteroatoms. The van der Waals surface area contributed by atoms with Gasteiger partial charge in [-0.2, -0.15) is 0 Å². The van der Waals surface area contributed by atoms with Crippen LogP contribution in [-0.2, 0) is 0 Å². The van der Waals surface area contributed by atoms with Gasteiger partial charge < -0.3 is 15.5 Å². The molecule has 0 bridgehead atoms. The monoisotopic (exact) mass is 240 g/mol. The quantitative estimate of drug-likeness (QED) is 0.306. The second kappa shape index (κ2) is 7.54. The van der Waals surface area contributed by atoms with Gasteiger partial charge in [0.15, 0.2) is 5.96 Å². The Bertz CT molecular complexity index is 220. The van der Waals surface area contributed by atoms with Gasteiger partial charge in [0.05, 0.1) is 0 Å². The fraction of sp³-hybridized carbons (Fsp3) is 0.923. The first-order valence-corrected chi connectivity index (χ1v) is 6.88. The lowest BCUT2D eigenvalue weighted by Crippen LogP contribution is -2.44. The van der Waals surface area contributed by atoms with Crippen LogP contribution in [0.3, 0.4) is 0 Å². The molecule has 0 spiro atoms. The molecule has 0 unspecified atom stereocenters. The Kier molecular flexibility index (Phi) is 6.34. The molecule has 0 aromatic heterocycles. The van der Waals surface area contributed by atoms with Crippen LogP contribution in [0.25, 0.3) is 0 Å². The molecule has 1 aliphatic heterocycles. The van der Waals surface area contributed by atoms with Crippen molar-refractivity contribution in [3.8, 4) is 0 Å². The average molecular weight is 240 g/mol. The molecule has 0 amide bonds. The Balaban J connectivity index is 2.17. The number of guanidine groups is 1. The number of hydrogen-bond acceptors (Lipinski definition) is 2. The molecule has 100 valence electrons. The number of hydrogen-bond donors (Lipinski definition) is 2. The van der Waals surface area contributed by atoms with Gasteiger partial charge in [-0.15, -0.1) is 0 Å². The lowest BCUT2D eigenvalue weighted by Gasteiger charge is -2.17. The first kappa shape index (κ1) is 14.3. The zero-order valence-electron chi connectivity index (χ0n) is 11.8. The maximum absolute atomic E-state index is 4.60. The standard InChI is InChI=1S/C13H28N4/c1-11(2)15-13(16-12(3)4)14-7-5-6-8-17-9-10-17/h11-12H,5-10H2,1-4H3,(H2,14,15,16). The first-order valence-electron chi connectivity index (χ1n) is 6.88. The largest absolute Gasteiger partial charge is 0.354 e. The fourth-order valence-electron chi connectivity index (χ4n) is 1.61. The molecule has 2 N–H and O–H groups in total. The summed E-state index contributed by atoms with van der Waals surface area (Å²) in [6, 6.07) is 0.857. The van der Waals surface area contributed by atoms with E-state index in [1.54, 1.807) is 0 Å². The predicted octanol–water partition coefficient (Wildman–Crippen LogP) is 1.43. The molecular weight excluding hydrogens is 212 g/mol. The molecule has 1 fully saturated rings. The second-order valence-corrected chi connectivity index (χ2v) is 5.38. The number of aliphatic imine (C=N–C) groups is 1. The van der Waals surface area contributed by atoms with E-state index in [4.69, 9.17) is 0 Å². The molecule has 0 radical (unpaired) electrons. The van der Waals surface area contributed by atoms with Crippen molar-refractivity contribution in [1.29, 1.82) is 0 Å². The van der Waals surface area contributed by atoms with Crippen LogP contribution in [0.1, 0.15) is 40.5 Å². The minimum atomic E-state index is 0.428. The van der Waals surface area contributed by atoms with Crippen molar-refractivity contribution in [2.45, 2.75) is 52.6 Å². The van der Waals surface area contributed by atoms with E-state index in [1.807, 2.05) is 0 Å². The van der Waals surface area contributed by atoms with Gasteiger partial charge in [-0.25, -0.2) is 0 Å². The van der Waals surface area contributed by atoms with Gasteiger partial charge >= 0.3 is 0 Å². The van der Waals surface area contributed by atoms with E-state index < -0.39 is 0 Å². The van der Waals surface area contributed by atoms with Gasteiger partial charge in [0.2, 0.25) is 0 Å². The number of nitrogens with one attached hydrogen (secondary N) is 2. The van der Waals surface area contributed by atoms with Gasteiger partial charge in [0.1, 0.15) is 0 Å². The van der Waals surface area contributed by atoms with Crippen molar-refractivity contribution in [2.75, 3.05) is 26.2 Å². The van der Waals surface area contributed by atoms with Crippen LogP contribution < -0.4 is 10.6 Å². The van der Waals surface area contributed by atoms with Crippen LogP contribution in [0, 0.1) is 0 Å². The van der Waals surface area contributed by atoms with E-state index in [0.29, 0.717) is 12.1 Å². The Hall–Kier alpha value is -0.770. The highest BCUT2D eigenvalue weighted by atomic mass is 15.2. The first-order chi connectivity index (χ1) is 8.08. The van der Waals surface area contributed by atoms with Gasteiger partial charge in [-0.3, -0.25) is 4.99 Å². The Morgan fingerprint density at radius 2 is 1.65 bits per heavy atom. The molecular formula is C13H28N4. The van der Waals surface area contributed by atoms with Crippen molar-refractivity contribution in [3.05, 3.63) is 0 Å². The van der Waals surface area contributed by atoms with E-state index in [1.165, 1.54) is 32.5 Å².